The minimum Gasteiger partial charge on any atom is -0.457 e. The highest BCUT2D eigenvalue weighted by Gasteiger charge is 2.08. The number of amides is 1. The van der Waals surface area contributed by atoms with E-state index in [-0.39, 0.29) is 5.91 Å². The lowest BCUT2D eigenvalue weighted by Crippen LogP contribution is -2.12. The molecule has 0 aliphatic rings. The monoisotopic (exact) mass is 306 g/mol. The Morgan fingerprint density at radius 2 is 1.70 bits per heavy atom. The molecule has 0 fully saturated rings. The molecule has 0 aliphatic carbocycles. The summed E-state index contributed by atoms with van der Waals surface area (Å²) < 4.78 is 5.68. The van der Waals surface area contributed by atoms with Crippen LogP contribution in [0.3, 0.4) is 0 Å². The minimum atomic E-state index is -0.310. The van der Waals surface area contributed by atoms with Crippen LogP contribution < -0.4 is 10.1 Å². The van der Waals surface area contributed by atoms with Crippen molar-refractivity contribution in [2.45, 2.75) is 0 Å². The second kappa shape index (κ2) is 6.62. The molecule has 0 unspecified atom stereocenters. The molecule has 2 N–H and O–H groups in total. The van der Waals surface area contributed by atoms with Gasteiger partial charge in [-0.15, -0.1) is 0 Å². The van der Waals surface area contributed by atoms with E-state index in [4.69, 9.17) is 4.74 Å². The van der Waals surface area contributed by atoms with Crippen molar-refractivity contribution in [3.8, 4) is 11.5 Å². The number of benzene rings is 2. The van der Waals surface area contributed by atoms with E-state index in [9.17, 15) is 9.59 Å². The van der Waals surface area contributed by atoms with E-state index in [1.54, 1.807) is 24.3 Å². The van der Waals surface area contributed by atoms with Crippen LogP contribution in [0.2, 0.25) is 0 Å². The summed E-state index contributed by atoms with van der Waals surface area (Å²) in [6.07, 6.45) is 2.17. The van der Waals surface area contributed by atoms with Gasteiger partial charge in [-0.1, -0.05) is 18.2 Å². The number of hydrogen-bond acceptors (Lipinski definition) is 3. The van der Waals surface area contributed by atoms with Crippen LogP contribution in [-0.4, -0.2) is 17.2 Å². The van der Waals surface area contributed by atoms with Gasteiger partial charge >= 0.3 is 0 Å². The Morgan fingerprint density at radius 1 is 1.00 bits per heavy atom. The molecule has 2 aromatic carbocycles. The van der Waals surface area contributed by atoms with Gasteiger partial charge in [-0.25, -0.2) is 0 Å². The van der Waals surface area contributed by atoms with Crippen LogP contribution in [0.4, 0.5) is 5.69 Å². The third-order valence-electron chi connectivity index (χ3n) is 3.18. The van der Waals surface area contributed by atoms with Gasteiger partial charge in [0.15, 0.2) is 6.29 Å². The quantitative estimate of drug-likeness (QED) is 0.703. The first-order valence-electron chi connectivity index (χ1n) is 7.02. The smallest absolute Gasteiger partial charge is 0.272 e. The van der Waals surface area contributed by atoms with Crippen LogP contribution in [0.5, 0.6) is 11.5 Å². The van der Waals surface area contributed by atoms with Crippen molar-refractivity contribution >= 4 is 17.9 Å². The first kappa shape index (κ1) is 14.6. The molecule has 114 valence electrons. The number of hydrogen-bond donors (Lipinski definition) is 2. The van der Waals surface area contributed by atoms with Crippen molar-refractivity contribution in [3.05, 3.63) is 78.1 Å². The van der Waals surface area contributed by atoms with Crippen LogP contribution in [0, 0.1) is 0 Å². The third kappa shape index (κ3) is 3.65. The summed E-state index contributed by atoms with van der Waals surface area (Å²) in [6, 6.07) is 18.0. The van der Waals surface area contributed by atoms with Gasteiger partial charge < -0.3 is 15.0 Å². The Hall–Kier alpha value is -3.34. The highest BCUT2D eigenvalue weighted by atomic mass is 16.5. The Balaban J connectivity index is 1.65. The molecule has 0 atom stereocenters. The molecular formula is C18H14N2O3. The molecule has 0 saturated carbocycles. The predicted octanol–water partition coefficient (Wildman–Crippen LogP) is 3.87. The maximum absolute atomic E-state index is 12.0. The summed E-state index contributed by atoms with van der Waals surface area (Å²) in [5.74, 6) is 1.12. The van der Waals surface area contributed by atoms with Gasteiger partial charge in [0.25, 0.3) is 5.91 Å². The molecule has 0 radical (unpaired) electrons. The number of ether oxygens (including phenoxy) is 1. The molecule has 23 heavy (non-hydrogen) atoms. The lowest BCUT2D eigenvalue weighted by Gasteiger charge is -2.07. The zero-order chi connectivity index (χ0) is 16.1. The van der Waals surface area contributed by atoms with Crippen LogP contribution in [0.15, 0.2) is 66.9 Å². The zero-order valence-corrected chi connectivity index (χ0v) is 12.2. The largest absolute Gasteiger partial charge is 0.457 e. The summed E-state index contributed by atoms with van der Waals surface area (Å²) in [5, 5.41) is 2.75. The number of aromatic amines is 1. The van der Waals surface area contributed by atoms with Crippen molar-refractivity contribution in [2.75, 3.05) is 5.32 Å². The summed E-state index contributed by atoms with van der Waals surface area (Å²) in [7, 11) is 0. The van der Waals surface area contributed by atoms with Crippen molar-refractivity contribution in [2.24, 2.45) is 0 Å². The minimum absolute atomic E-state index is 0.310. The number of carbonyl (C=O) groups is 2. The summed E-state index contributed by atoms with van der Waals surface area (Å²) in [6.45, 7) is 0. The van der Waals surface area contributed by atoms with Gasteiger partial charge in [0.1, 0.15) is 17.2 Å². The first-order valence-corrected chi connectivity index (χ1v) is 7.02. The fourth-order valence-electron chi connectivity index (χ4n) is 2.04. The van der Waals surface area contributed by atoms with Crippen molar-refractivity contribution < 1.29 is 14.3 Å². The Bertz CT molecular complexity index is 808. The summed E-state index contributed by atoms with van der Waals surface area (Å²) in [4.78, 5) is 25.4. The number of aldehydes is 1. The second-order valence-corrected chi connectivity index (χ2v) is 4.86. The van der Waals surface area contributed by atoms with E-state index < -0.39 is 0 Å². The third-order valence-corrected chi connectivity index (χ3v) is 3.18. The van der Waals surface area contributed by atoms with E-state index in [2.05, 4.69) is 10.3 Å². The highest BCUT2D eigenvalue weighted by Crippen LogP contribution is 2.22. The number of anilines is 1. The predicted molar refractivity (Wildman–Crippen MR) is 87.1 cm³/mol. The van der Waals surface area contributed by atoms with Crippen molar-refractivity contribution in [1.29, 1.82) is 0 Å². The summed E-state index contributed by atoms with van der Waals surface area (Å²) in [5.41, 5.74) is 1.40. The SMILES string of the molecule is O=Cc1c[nH]c(C(=O)Nc2ccc(Oc3ccccc3)cc2)c1. The fraction of sp³-hybridized carbons (Fsp3) is 0. The van der Waals surface area contributed by atoms with E-state index >= 15 is 0 Å². The molecular weight excluding hydrogens is 292 g/mol. The Morgan fingerprint density at radius 3 is 2.35 bits per heavy atom. The van der Waals surface area contributed by atoms with E-state index in [1.807, 2.05) is 30.3 Å². The molecule has 1 amide bonds. The molecule has 0 saturated heterocycles. The fourth-order valence-corrected chi connectivity index (χ4v) is 2.04. The van der Waals surface area contributed by atoms with Gasteiger partial charge in [-0.2, -0.15) is 0 Å². The van der Waals surface area contributed by atoms with Gasteiger partial charge in [0.2, 0.25) is 0 Å². The molecule has 0 spiro atoms. The first-order chi connectivity index (χ1) is 11.2. The molecule has 0 bridgehead atoms. The van der Waals surface area contributed by atoms with E-state index in [1.165, 1.54) is 12.3 Å². The van der Waals surface area contributed by atoms with E-state index in [0.717, 1.165) is 5.75 Å². The average Bonchev–Trinajstić information content (AvgIpc) is 3.07. The maximum atomic E-state index is 12.0. The maximum Gasteiger partial charge on any atom is 0.272 e. The molecule has 3 aromatic rings. The topological polar surface area (TPSA) is 71.2 Å². The normalized spacial score (nSPS) is 10.1. The molecule has 3 rings (SSSR count). The lowest BCUT2D eigenvalue weighted by atomic mass is 10.2. The van der Waals surface area contributed by atoms with Crippen LogP contribution in [-0.2, 0) is 0 Å². The van der Waals surface area contributed by atoms with Crippen molar-refractivity contribution in [1.82, 2.24) is 4.98 Å². The Kier molecular flexibility index (Phi) is 4.20. The number of para-hydroxylation sites is 1. The van der Waals surface area contributed by atoms with Gasteiger partial charge in [-0.3, -0.25) is 9.59 Å². The lowest BCUT2D eigenvalue weighted by molar-refractivity contribution is 0.102. The number of nitrogens with one attached hydrogen (secondary N) is 2. The van der Waals surface area contributed by atoms with Gasteiger partial charge in [-0.05, 0) is 42.5 Å². The second-order valence-electron chi connectivity index (χ2n) is 4.86. The molecule has 1 heterocycles. The highest BCUT2D eigenvalue weighted by molar-refractivity contribution is 6.03. The molecule has 1 aromatic heterocycles. The van der Waals surface area contributed by atoms with Crippen LogP contribution >= 0.6 is 0 Å². The number of rotatable bonds is 5. The van der Waals surface area contributed by atoms with Crippen LogP contribution in [0.25, 0.3) is 0 Å². The van der Waals surface area contributed by atoms with Crippen molar-refractivity contribution in [3.63, 3.8) is 0 Å². The van der Waals surface area contributed by atoms with E-state index in [0.29, 0.717) is 29.0 Å². The number of carbonyl (C=O) groups excluding carboxylic acids is 2. The summed E-state index contributed by atoms with van der Waals surface area (Å²) >= 11 is 0. The average molecular weight is 306 g/mol. The standard InChI is InChI=1S/C18H14N2O3/c21-12-13-10-17(19-11-13)18(22)20-14-6-8-16(9-7-14)23-15-4-2-1-3-5-15/h1-12,19H,(H,20,22). The number of aromatic nitrogens is 1. The Labute approximate surface area is 132 Å². The molecule has 5 nitrogen and oxygen atoms in total. The zero-order valence-electron chi connectivity index (χ0n) is 12.2. The van der Waals surface area contributed by atoms with Gasteiger partial charge in [0.05, 0.1) is 0 Å². The van der Waals surface area contributed by atoms with Gasteiger partial charge in [0, 0.05) is 17.4 Å². The molecule has 0 aliphatic heterocycles. The molecule has 5 heteroatoms. The van der Waals surface area contributed by atoms with Crippen LogP contribution in [0.1, 0.15) is 20.8 Å². The number of H-pyrrole nitrogens is 1.